The second kappa shape index (κ2) is 2.83. The van der Waals surface area contributed by atoms with Gasteiger partial charge in [0, 0.05) is 15.7 Å². The van der Waals surface area contributed by atoms with Crippen LogP contribution in [0.3, 0.4) is 0 Å². The van der Waals surface area contributed by atoms with Crippen molar-refractivity contribution in [3.63, 3.8) is 0 Å². The van der Waals surface area contributed by atoms with Crippen LogP contribution in [0.2, 0.25) is 0 Å². The molecule has 1 aromatic rings. The lowest BCUT2D eigenvalue weighted by Crippen LogP contribution is -2.23. The van der Waals surface area contributed by atoms with E-state index in [9.17, 15) is 0 Å². The van der Waals surface area contributed by atoms with Crippen LogP contribution in [-0.2, 0) is 0 Å². The average molecular weight is 226 g/mol. The quantitative estimate of drug-likeness (QED) is 0.733. The van der Waals surface area contributed by atoms with E-state index in [-0.39, 0.29) is 0 Å². The lowest BCUT2D eigenvalue weighted by Gasteiger charge is -2.20. The highest BCUT2D eigenvalue weighted by molar-refractivity contribution is 9.10. The van der Waals surface area contributed by atoms with Crippen LogP contribution < -0.4 is 10.1 Å². The average Bonchev–Trinajstić information content (AvgIpc) is 2.07. The lowest BCUT2D eigenvalue weighted by molar-refractivity contribution is 0.294. The summed E-state index contributed by atoms with van der Waals surface area (Å²) in [4.78, 5) is 0. The van der Waals surface area contributed by atoms with E-state index in [1.165, 1.54) is 0 Å². The van der Waals surface area contributed by atoms with E-state index in [0.29, 0.717) is 6.73 Å². The third-order valence-electron chi connectivity index (χ3n) is 1.78. The van der Waals surface area contributed by atoms with Crippen molar-refractivity contribution in [3.8, 4) is 5.75 Å². The molecule has 0 saturated heterocycles. The molecule has 2 rings (SSSR count). The summed E-state index contributed by atoms with van der Waals surface area (Å²) in [7, 11) is 0. The predicted molar refractivity (Wildman–Crippen MR) is 51.8 cm³/mol. The number of hydrogen-bond acceptors (Lipinski definition) is 2. The first-order valence-electron chi connectivity index (χ1n) is 3.63. The summed E-state index contributed by atoms with van der Waals surface area (Å²) >= 11 is 3.39. The summed E-state index contributed by atoms with van der Waals surface area (Å²) < 4.78 is 6.39. The molecule has 0 spiro atoms. The van der Waals surface area contributed by atoms with E-state index in [1.54, 1.807) is 0 Å². The number of ether oxygens (including phenoxy) is 1. The maximum atomic E-state index is 5.36. The van der Waals surface area contributed by atoms with E-state index in [4.69, 9.17) is 4.74 Å². The Morgan fingerprint density at radius 1 is 1.50 bits per heavy atom. The van der Waals surface area contributed by atoms with Crippen LogP contribution in [-0.4, -0.2) is 6.73 Å². The van der Waals surface area contributed by atoms with E-state index in [1.807, 2.05) is 18.2 Å². The van der Waals surface area contributed by atoms with Gasteiger partial charge in [-0.2, -0.15) is 0 Å². The first kappa shape index (κ1) is 7.68. The summed E-state index contributed by atoms with van der Waals surface area (Å²) in [5.41, 5.74) is 1.94. The van der Waals surface area contributed by atoms with E-state index >= 15 is 0 Å². The maximum Gasteiger partial charge on any atom is 0.159 e. The van der Waals surface area contributed by atoms with Crippen LogP contribution in [0.1, 0.15) is 5.56 Å². The molecule has 1 aromatic carbocycles. The molecule has 0 fully saturated rings. The van der Waals surface area contributed by atoms with Gasteiger partial charge in [-0.15, -0.1) is 0 Å². The van der Waals surface area contributed by atoms with E-state index < -0.39 is 0 Å². The predicted octanol–water partition coefficient (Wildman–Crippen LogP) is 2.36. The zero-order valence-corrected chi connectivity index (χ0v) is 8.02. The van der Waals surface area contributed by atoms with Gasteiger partial charge in [-0.05, 0) is 18.2 Å². The van der Waals surface area contributed by atoms with Crippen molar-refractivity contribution in [2.24, 2.45) is 0 Å². The van der Waals surface area contributed by atoms with Crippen molar-refractivity contribution in [2.45, 2.75) is 0 Å². The molecule has 1 aliphatic heterocycles. The molecule has 62 valence electrons. The van der Waals surface area contributed by atoms with Crippen LogP contribution in [0.5, 0.6) is 5.75 Å². The molecule has 1 aliphatic rings. The van der Waals surface area contributed by atoms with Crippen LogP contribution in [0.25, 0.3) is 5.70 Å². The van der Waals surface area contributed by atoms with Gasteiger partial charge in [-0.25, -0.2) is 0 Å². The topological polar surface area (TPSA) is 21.3 Å². The number of halogens is 1. The molecule has 2 nitrogen and oxygen atoms in total. The van der Waals surface area contributed by atoms with Gasteiger partial charge in [0.1, 0.15) is 5.75 Å². The van der Waals surface area contributed by atoms with Crippen molar-refractivity contribution in [3.05, 3.63) is 34.8 Å². The number of nitrogens with one attached hydrogen (secondary N) is 1. The normalized spacial score (nSPS) is 14.6. The summed E-state index contributed by atoms with van der Waals surface area (Å²) in [5, 5.41) is 3.03. The Morgan fingerprint density at radius 2 is 2.33 bits per heavy atom. The Hall–Kier alpha value is -0.960. The molecule has 12 heavy (non-hydrogen) atoms. The number of rotatable bonds is 0. The van der Waals surface area contributed by atoms with Gasteiger partial charge in [0.25, 0.3) is 0 Å². The van der Waals surface area contributed by atoms with Gasteiger partial charge in [-0.1, -0.05) is 22.5 Å². The molecule has 0 bridgehead atoms. The largest absolute Gasteiger partial charge is 0.473 e. The standard InChI is InChI=1S/C9H8BrNO/c1-6-8-4-7(10)2-3-9(8)12-5-11-6/h2-4,11H,1,5H2. The summed E-state index contributed by atoms with van der Waals surface area (Å²) in [6.45, 7) is 4.39. The third-order valence-corrected chi connectivity index (χ3v) is 2.27. The van der Waals surface area contributed by atoms with Crippen molar-refractivity contribution in [2.75, 3.05) is 6.73 Å². The van der Waals surface area contributed by atoms with Gasteiger partial charge in [-0.3, -0.25) is 0 Å². The fourth-order valence-corrected chi connectivity index (χ4v) is 1.52. The minimum absolute atomic E-state index is 0.507. The maximum absolute atomic E-state index is 5.36. The fraction of sp³-hybridized carbons (Fsp3) is 0.111. The molecule has 0 saturated carbocycles. The Kier molecular flexibility index (Phi) is 1.81. The summed E-state index contributed by atoms with van der Waals surface area (Å²) in [6.07, 6.45) is 0. The highest BCUT2D eigenvalue weighted by Gasteiger charge is 2.12. The van der Waals surface area contributed by atoms with E-state index in [0.717, 1.165) is 21.5 Å². The number of hydrogen-bond donors (Lipinski definition) is 1. The van der Waals surface area contributed by atoms with Crippen LogP contribution in [0, 0.1) is 0 Å². The fourth-order valence-electron chi connectivity index (χ4n) is 1.16. The second-order valence-electron chi connectivity index (χ2n) is 2.58. The Labute approximate surface area is 79.4 Å². The minimum atomic E-state index is 0.507. The zero-order valence-electron chi connectivity index (χ0n) is 6.43. The molecular formula is C9H8BrNO. The third kappa shape index (κ3) is 1.20. The highest BCUT2D eigenvalue weighted by Crippen LogP contribution is 2.29. The molecule has 0 unspecified atom stereocenters. The smallest absolute Gasteiger partial charge is 0.159 e. The number of fused-ring (bicyclic) bond motifs is 1. The summed E-state index contributed by atoms with van der Waals surface area (Å²) in [5.74, 6) is 0.891. The molecule has 3 heteroatoms. The molecule has 0 aliphatic carbocycles. The molecule has 1 N–H and O–H groups in total. The Balaban J connectivity index is 2.54. The van der Waals surface area contributed by atoms with Gasteiger partial charge in [0.2, 0.25) is 0 Å². The van der Waals surface area contributed by atoms with Gasteiger partial charge < -0.3 is 10.1 Å². The zero-order chi connectivity index (χ0) is 8.55. The van der Waals surface area contributed by atoms with Crippen LogP contribution in [0.15, 0.2) is 29.3 Å². The van der Waals surface area contributed by atoms with Gasteiger partial charge >= 0.3 is 0 Å². The van der Waals surface area contributed by atoms with Crippen molar-refractivity contribution >= 4 is 21.6 Å². The van der Waals surface area contributed by atoms with Crippen molar-refractivity contribution < 1.29 is 4.74 Å². The van der Waals surface area contributed by atoms with E-state index in [2.05, 4.69) is 27.8 Å². The van der Waals surface area contributed by atoms with Crippen molar-refractivity contribution in [1.82, 2.24) is 5.32 Å². The monoisotopic (exact) mass is 225 g/mol. The Morgan fingerprint density at radius 3 is 3.17 bits per heavy atom. The van der Waals surface area contributed by atoms with Crippen molar-refractivity contribution in [1.29, 1.82) is 0 Å². The SMILES string of the molecule is C=C1NCOc2ccc(Br)cc21. The lowest BCUT2D eigenvalue weighted by atomic mass is 10.1. The highest BCUT2D eigenvalue weighted by atomic mass is 79.9. The molecule has 0 amide bonds. The molecule has 0 atom stereocenters. The first-order chi connectivity index (χ1) is 5.77. The van der Waals surface area contributed by atoms with Gasteiger partial charge in [0.05, 0.1) is 0 Å². The molecule has 0 aromatic heterocycles. The second-order valence-corrected chi connectivity index (χ2v) is 3.50. The molecular weight excluding hydrogens is 218 g/mol. The Bertz CT molecular complexity index is 335. The minimum Gasteiger partial charge on any atom is -0.473 e. The molecule has 0 radical (unpaired) electrons. The first-order valence-corrected chi connectivity index (χ1v) is 4.42. The van der Waals surface area contributed by atoms with Crippen LogP contribution >= 0.6 is 15.9 Å². The number of benzene rings is 1. The van der Waals surface area contributed by atoms with Gasteiger partial charge in [0.15, 0.2) is 6.73 Å². The summed E-state index contributed by atoms with van der Waals surface area (Å²) in [6, 6.07) is 5.88. The molecule has 1 heterocycles. The van der Waals surface area contributed by atoms with Crippen LogP contribution in [0.4, 0.5) is 0 Å².